The summed E-state index contributed by atoms with van der Waals surface area (Å²) in [5.41, 5.74) is 4.52. The standard InChI is InChI=1S/C20H24N2OS/c1-2-3-12-24-19-21-17-15-9-5-4-8-14(15)13-20(10-6-7-11-20)16(17)18(23)22-19/h4-5,8-9H,2-3,6-7,10-13H2,1H3,(H,21,22,23). The quantitative estimate of drug-likeness (QED) is 0.498. The molecule has 1 N–H and O–H groups in total. The van der Waals surface area contributed by atoms with Crippen molar-refractivity contribution < 1.29 is 0 Å². The number of nitrogens with one attached hydrogen (secondary N) is 1. The van der Waals surface area contributed by atoms with Gasteiger partial charge in [-0.2, -0.15) is 0 Å². The number of hydrogen-bond donors (Lipinski definition) is 1. The van der Waals surface area contributed by atoms with Gasteiger partial charge in [0.2, 0.25) is 0 Å². The van der Waals surface area contributed by atoms with E-state index < -0.39 is 0 Å². The van der Waals surface area contributed by atoms with Crippen molar-refractivity contribution in [1.29, 1.82) is 0 Å². The summed E-state index contributed by atoms with van der Waals surface area (Å²) in [5.74, 6) is 1.00. The van der Waals surface area contributed by atoms with E-state index in [4.69, 9.17) is 4.98 Å². The number of fused-ring (bicyclic) bond motifs is 4. The van der Waals surface area contributed by atoms with Crippen molar-refractivity contribution in [3.8, 4) is 11.3 Å². The summed E-state index contributed by atoms with van der Waals surface area (Å²) in [6.07, 6.45) is 7.95. The molecule has 2 aliphatic rings. The second-order valence-electron chi connectivity index (χ2n) is 7.12. The average molecular weight is 340 g/mol. The van der Waals surface area contributed by atoms with Crippen LogP contribution in [0.1, 0.15) is 56.6 Å². The zero-order valence-corrected chi connectivity index (χ0v) is 15.0. The first-order valence-electron chi connectivity index (χ1n) is 9.09. The van der Waals surface area contributed by atoms with E-state index in [1.807, 2.05) is 0 Å². The zero-order valence-electron chi connectivity index (χ0n) is 14.2. The summed E-state index contributed by atoms with van der Waals surface area (Å²) in [5, 5.41) is 0.775. The molecule has 1 aromatic heterocycles. The van der Waals surface area contributed by atoms with Gasteiger partial charge >= 0.3 is 0 Å². The van der Waals surface area contributed by atoms with Crippen LogP contribution in [-0.2, 0) is 11.8 Å². The van der Waals surface area contributed by atoms with Gasteiger partial charge in [0.25, 0.3) is 5.56 Å². The number of unbranched alkanes of at least 4 members (excludes halogenated alkanes) is 1. The van der Waals surface area contributed by atoms with Crippen molar-refractivity contribution in [2.75, 3.05) is 5.75 Å². The first-order valence-corrected chi connectivity index (χ1v) is 10.1. The number of aromatic nitrogens is 2. The van der Waals surface area contributed by atoms with Gasteiger partial charge in [0.15, 0.2) is 5.16 Å². The predicted octanol–water partition coefficient (Wildman–Crippen LogP) is 4.70. The fraction of sp³-hybridized carbons (Fsp3) is 0.500. The molecule has 0 aliphatic heterocycles. The maximum atomic E-state index is 13.0. The van der Waals surface area contributed by atoms with Crippen LogP contribution >= 0.6 is 11.8 Å². The van der Waals surface area contributed by atoms with Crippen LogP contribution in [0.5, 0.6) is 0 Å². The molecule has 0 radical (unpaired) electrons. The second kappa shape index (κ2) is 6.40. The van der Waals surface area contributed by atoms with Gasteiger partial charge in [0.1, 0.15) is 0 Å². The van der Waals surface area contributed by atoms with Crippen molar-refractivity contribution in [2.24, 2.45) is 0 Å². The number of benzene rings is 1. The van der Waals surface area contributed by atoms with Crippen LogP contribution in [0.3, 0.4) is 0 Å². The number of aromatic amines is 1. The van der Waals surface area contributed by atoms with Gasteiger partial charge in [-0.05, 0) is 31.2 Å². The lowest BCUT2D eigenvalue weighted by molar-refractivity contribution is 0.425. The highest BCUT2D eigenvalue weighted by Crippen LogP contribution is 2.49. The van der Waals surface area contributed by atoms with E-state index >= 15 is 0 Å². The van der Waals surface area contributed by atoms with Crippen LogP contribution in [-0.4, -0.2) is 15.7 Å². The number of thioether (sulfide) groups is 1. The lowest BCUT2D eigenvalue weighted by atomic mass is 9.68. The summed E-state index contributed by atoms with van der Waals surface area (Å²) in [6.45, 7) is 2.18. The van der Waals surface area contributed by atoms with E-state index in [-0.39, 0.29) is 11.0 Å². The summed E-state index contributed by atoms with van der Waals surface area (Å²) in [6, 6.07) is 8.51. The van der Waals surface area contributed by atoms with E-state index in [1.54, 1.807) is 11.8 Å². The summed E-state index contributed by atoms with van der Waals surface area (Å²) >= 11 is 1.67. The molecular weight excluding hydrogens is 316 g/mol. The van der Waals surface area contributed by atoms with E-state index in [1.165, 1.54) is 18.4 Å². The Hall–Kier alpha value is -1.55. The molecule has 1 saturated carbocycles. The highest BCUT2D eigenvalue weighted by atomic mass is 32.2. The van der Waals surface area contributed by atoms with Crippen LogP contribution in [0, 0.1) is 0 Å². The smallest absolute Gasteiger partial charge is 0.255 e. The molecule has 1 aromatic carbocycles. The van der Waals surface area contributed by atoms with Crippen LogP contribution < -0.4 is 5.56 Å². The van der Waals surface area contributed by atoms with E-state index in [0.29, 0.717) is 0 Å². The molecule has 4 rings (SSSR count). The largest absolute Gasteiger partial charge is 0.301 e. The van der Waals surface area contributed by atoms with Crippen LogP contribution in [0.4, 0.5) is 0 Å². The molecule has 0 atom stereocenters. The predicted molar refractivity (Wildman–Crippen MR) is 99.8 cm³/mol. The number of hydrogen-bond acceptors (Lipinski definition) is 3. The minimum absolute atomic E-state index is 0.0108. The van der Waals surface area contributed by atoms with Gasteiger partial charge in [0.05, 0.1) is 11.3 Å². The van der Waals surface area contributed by atoms with E-state index in [2.05, 4.69) is 36.2 Å². The van der Waals surface area contributed by atoms with E-state index in [9.17, 15) is 4.79 Å². The van der Waals surface area contributed by atoms with Gasteiger partial charge < -0.3 is 4.98 Å². The summed E-state index contributed by atoms with van der Waals surface area (Å²) in [4.78, 5) is 21.0. The molecule has 3 nitrogen and oxygen atoms in total. The molecule has 2 aromatic rings. The van der Waals surface area contributed by atoms with Crippen LogP contribution in [0.2, 0.25) is 0 Å². The SMILES string of the molecule is CCCCSc1nc2c(c(=O)[nH]1)C1(CCCC1)Cc1ccccc1-2. The number of rotatable bonds is 4. The van der Waals surface area contributed by atoms with Crippen molar-refractivity contribution in [3.63, 3.8) is 0 Å². The summed E-state index contributed by atoms with van der Waals surface area (Å²) < 4.78 is 0. The van der Waals surface area contributed by atoms with Gasteiger partial charge in [-0.25, -0.2) is 4.98 Å². The van der Waals surface area contributed by atoms with Crippen molar-refractivity contribution in [3.05, 3.63) is 45.7 Å². The fourth-order valence-electron chi connectivity index (χ4n) is 4.36. The first-order chi connectivity index (χ1) is 11.7. The first kappa shape index (κ1) is 15.9. The molecule has 0 saturated heterocycles. The maximum Gasteiger partial charge on any atom is 0.255 e. The third-order valence-corrected chi connectivity index (χ3v) is 6.49. The zero-order chi connectivity index (χ0) is 16.6. The maximum absolute atomic E-state index is 13.0. The van der Waals surface area contributed by atoms with Gasteiger partial charge in [0, 0.05) is 16.7 Å². The molecule has 0 bridgehead atoms. The molecule has 1 heterocycles. The Labute approximate surface area is 147 Å². The van der Waals surface area contributed by atoms with E-state index in [0.717, 1.165) is 59.8 Å². The molecule has 1 fully saturated rings. The Balaban J connectivity index is 1.85. The highest BCUT2D eigenvalue weighted by molar-refractivity contribution is 7.99. The second-order valence-corrected chi connectivity index (χ2v) is 8.20. The van der Waals surface area contributed by atoms with Crippen molar-refractivity contribution in [2.45, 2.75) is 62.4 Å². The number of H-pyrrole nitrogens is 1. The Bertz CT molecular complexity index is 806. The van der Waals surface area contributed by atoms with Crippen LogP contribution in [0.15, 0.2) is 34.2 Å². The monoisotopic (exact) mass is 340 g/mol. The third-order valence-electron chi connectivity index (χ3n) is 5.53. The number of nitrogens with zero attached hydrogens (tertiary/aromatic N) is 1. The molecule has 1 spiro atoms. The minimum atomic E-state index is 0.0108. The lowest BCUT2D eigenvalue weighted by Gasteiger charge is -2.35. The molecular formula is C20H24N2OS. The van der Waals surface area contributed by atoms with Crippen LogP contribution in [0.25, 0.3) is 11.3 Å². The molecule has 24 heavy (non-hydrogen) atoms. The normalized spacial score (nSPS) is 17.7. The van der Waals surface area contributed by atoms with Crippen molar-refractivity contribution in [1.82, 2.24) is 9.97 Å². The van der Waals surface area contributed by atoms with Gasteiger partial charge in [-0.15, -0.1) is 0 Å². The summed E-state index contributed by atoms with van der Waals surface area (Å²) in [7, 11) is 0. The fourth-order valence-corrected chi connectivity index (χ4v) is 5.31. The molecule has 126 valence electrons. The molecule has 4 heteroatoms. The van der Waals surface area contributed by atoms with Crippen molar-refractivity contribution >= 4 is 11.8 Å². The molecule has 0 amide bonds. The minimum Gasteiger partial charge on any atom is -0.301 e. The Kier molecular flexibility index (Phi) is 4.25. The average Bonchev–Trinajstić information content (AvgIpc) is 3.03. The Morgan fingerprint density at radius 2 is 2.04 bits per heavy atom. The molecule has 2 aliphatic carbocycles. The Morgan fingerprint density at radius 1 is 1.25 bits per heavy atom. The van der Waals surface area contributed by atoms with Gasteiger partial charge in [-0.1, -0.05) is 62.2 Å². The van der Waals surface area contributed by atoms with Gasteiger partial charge in [-0.3, -0.25) is 4.79 Å². The lowest BCUT2D eigenvalue weighted by Crippen LogP contribution is -2.37. The molecule has 0 unspecified atom stereocenters. The third kappa shape index (κ3) is 2.61. The Morgan fingerprint density at radius 3 is 2.83 bits per heavy atom. The topological polar surface area (TPSA) is 45.8 Å². The highest BCUT2D eigenvalue weighted by Gasteiger charge is 2.43.